The average molecular weight is 312 g/mol. The van der Waals surface area contributed by atoms with Crippen molar-refractivity contribution in [3.63, 3.8) is 0 Å². The summed E-state index contributed by atoms with van der Waals surface area (Å²) in [6, 6.07) is 13.6. The van der Waals surface area contributed by atoms with Gasteiger partial charge in [-0.1, -0.05) is 35.6 Å². The third kappa shape index (κ3) is 4.01. The Hall–Kier alpha value is -2.54. The van der Waals surface area contributed by atoms with Gasteiger partial charge < -0.3 is 4.74 Å². The maximum Gasteiger partial charge on any atom is 0.233 e. The topological polar surface area (TPSA) is 90.3 Å². The van der Waals surface area contributed by atoms with Crippen LogP contribution in [0, 0.1) is 10.9 Å². The Morgan fingerprint density at radius 1 is 1.22 bits per heavy atom. The fourth-order valence-electron chi connectivity index (χ4n) is 2.80. The van der Waals surface area contributed by atoms with Gasteiger partial charge in [0.05, 0.1) is 0 Å². The van der Waals surface area contributed by atoms with Crippen LogP contribution in [0.1, 0.15) is 18.4 Å². The maximum absolute atomic E-state index is 7.57. The summed E-state index contributed by atoms with van der Waals surface area (Å²) >= 11 is 0. The zero-order valence-electron chi connectivity index (χ0n) is 12.9. The number of benzene rings is 1. The third-order valence-electron chi connectivity index (χ3n) is 3.89. The molecule has 0 saturated carbocycles. The van der Waals surface area contributed by atoms with Crippen LogP contribution in [0.3, 0.4) is 0 Å². The van der Waals surface area contributed by atoms with E-state index in [0.717, 1.165) is 37.3 Å². The van der Waals surface area contributed by atoms with E-state index in [1.807, 2.05) is 6.07 Å². The molecule has 120 valence electrons. The van der Waals surface area contributed by atoms with E-state index in [0.29, 0.717) is 5.88 Å². The zero-order valence-corrected chi connectivity index (χ0v) is 12.9. The van der Waals surface area contributed by atoms with Crippen molar-refractivity contribution in [3.8, 4) is 5.88 Å². The van der Waals surface area contributed by atoms with Crippen LogP contribution < -0.4 is 10.2 Å². The molecular weight excluding hydrogens is 292 g/mol. The van der Waals surface area contributed by atoms with Crippen molar-refractivity contribution >= 4 is 0 Å². The standard InChI is InChI=1S/C16H20N6O/c17-15-8-9-16(19-22(15)20-18)23-14-7-4-10-21(12-14)11-13-5-2-1-3-6-13/h1-3,5-6,8-9,14,17-18H,4,7,10-12H2. The molecule has 23 heavy (non-hydrogen) atoms. The number of nitrogens with one attached hydrogen (secondary N) is 2. The van der Waals surface area contributed by atoms with Gasteiger partial charge in [-0.05, 0) is 31.0 Å². The van der Waals surface area contributed by atoms with Crippen LogP contribution >= 0.6 is 0 Å². The van der Waals surface area contributed by atoms with Crippen molar-refractivity contribution in [2.75, 3.05) is 13.1 Å². The van der Waals surface area contributed by atoms with E-state index < -0.39 is 0 Å². The first kappa shape index (κ1) is 15.4. The summed E-state index contributed by atoms with van der Waals surface area (Å²) in [5.41, 5.74) is 8.36. The molecule has 3 rings (SSSR count). The monoisotopic (exact) mass is 312 g/mol. The maximum atomic E-state index is 7.57. The van der Waals surface area contributed by atoms with E-state index in [-0.39, 0.29) is 11.6 Å². The van der Waals surface area contributed by atoms with E-state index in [1.165, 1.54) is 11.6 Å². The van der Waals surface area contributed by atoms with E-state index >= 15 is 0 Å². The molecule has 1 atom stereocenters. The number of hydrogen-bond donors (Lipinski definition) is 2. The summed E-state index contributed by atoms with van der Waals surface area (Å²) in [4.78, 5) is 3.32. The molecule has 2 N–H and O–H groups in total. The zero-order chi connectivity index (χ0) is 16.1. The Labute approximate surface area is 134 Å². The molecule has 1 aliphatic heterocycles. The molecule has 7 nitrogen and oxygen atoms in total. The summed E-state index contributed by atoms with van der Waals surface area (Å²) in [6.45, 7) is 2.83. The molecular formula is C16H20N6O. The van der Waals surface area contributed by atoms with Crippen molar-refractivity contribution in [3.05, 3.63) is 53.5 Å². The molecule has 0 spiro atoms. The van der Waals surface area contributed by atoms with Gasteiger partial charge in [0.2, 0.25) is 5.88 Å². The highest BCUT2D eigenvalue weighted by atomic mass is 16.5. The Morgan fingerprint density at radius 2 is 2.04 bits per heavy atom. The second-order valence-electron chi connectivity index (χ2n) is 5.65. The van der Waals surface area contributed by atoms with Gasteiger partial charge in [0.25, 0.3) is 0 Å². The highest BCUT2D eigenvalue weighted by molar-refractivity contribution is 5.14. The Balaban J connectivity index is 1.62. The van der Waals surface area contributed by atoms with E-state index in [2.05, 4.69) is 39.5 Å². The minimum atomic E-state index is 0.0571. The lowest BCUT2D eigenvalue weighted by molar-refractivity contribution is 0.0791. The molecule has 1 saturated heterocycles. The number of nitrogens with zero attached hydrogens (tertiary/aromatic N) is 4. The van der Waals surface area contributed by atoms with Gasteiger partial charge in [-0.3, -0.25) is 10.3 Å². The second kappa shape index (κ2) is 7.15. The van der Waals surface area contributed by atoms with Gasteiger partial charge >= 0.3 is 0 Å². The normalized spacial score (nSPS) is 18.5. The highest BCUT2D eigenvalue weighted by Gasteiger charge is 2.21. The summed E-state index contributed by atoms with van der Waals surface area (Å²) in [7, 11) is 0. The third-order valence-corrected chi connectivity index (χ3v) is 3.89. The van der Waals surface area contributed by atoms with Crippen molar-refractivity contribution in [1.29, 1.82) is 10.9 Å². The smallest absolute Gasteiger partial charge is 0.233 e. The number of likely N-dealkylation sites (tertiary alicyclic amines) is 1. The number of ether oxygens (including phenoxy) is 1. The summed E-state index contributed by atoms with van der Waals surface area (Å²) < 4.78 is 5.92. The van der Waals surface area contributed by atoms with Gasteiger partial charge in [-0.2, -0.15) is 5.53 Å². The van der Waals surface area contributed by atoms with Crippen molar-refractivity contribution in [2.24, 2.45) is 5.22 Å². The number of piperidine rings is 1. The molecule has 0 bridgehead atoms. The molecule has 2 heterocycles. The molecule has 1 aromatic carbocycles. The van der Waals surface area contributed by atoms with Gasteiger partial charge in [0.1, 0.15) is 6.10 Å². The van der Waals surface area contributed by atoms with Crippen molar-refractivity contribution < 1.29 is 4.74 Å². The van der Waals surface area contributed by atoms with Crippen LogP contribution in [0.4, 0.5) is 0 Å². The Kier molecular flexibility index (Phi) is 4.77. The lowest BCUT2D eigenvalue weighted by Gasteiger charge is -2.32. The minimum absolute atomic E-state index is 0.0571. The minimum Gasteiger partial charge on any atom is -0.472 e. The van der Waals surface area contributed by atoms with E-state index in [9.17, 15) is 0 Å². The van der Waals surface area contributed by atoms with Crippen LogP contribution in [-0.2, 0) is 6.54 Å². The quantitative estimate of drug-likeness (QED) is 0.829. The first-order chi connectivity index (χ1) is 11.2. The SMILES string of the molecule is N=Nn1nc(OC2CCCN(Cc3ccccc3)C2)ccc1=N. The van der Waals surface area contributed by atoms with Crippen LogP contribution in [0.5, 0.6) is 5.88 Å². The molecule has 1 fully saturated rings. The first-order valence-corrected chi connectivity index (χ1v) is 7.70. The molecule has 0 amide bonds. The molecule has 0 radical (unpaired) electrons. The molecule has 7 heteroatoms. The predicted octanol–water partition coefficient (Wildman–Crippen LogP) is 2.20. The lowest BCUT2D eigenvalue weighted by atomic mass is 10.1. The van der Waals surface area contributed by atoms with E-state index in [4.69, 9.17) is 15.7 Å². The predicted molar refractivity (Wildman–Crippen MR) is 84.0 cm³/mol. The molecule has 1 aromatic heterocycles. The number of rotatable bonds is 5. The molecule has 0 aliphatic carbocycles. The number of hydrogen-bond acceptors (Lipinski definition) is 6. The van der Waals surface area contributed by atoms with Gasteiger partial charge in [-0.15, -0.1) is 9.89 Å². The van der Waals surface area contributed by atoms with Gasteiger partial charge in [0.15, 0.2) is 5.49 Å². The van der Waals surface area contributed by atoms with Gasteiger partial charge in [0, 0.05) is 19.2 Å². The van der Waals surface area contributed by atoms with Crippen LogP contribution in [0.15, 0.2) is 47.7 Å². The Morgan fingerprint density at radius 3 is 2.83 bits per heavy atom. The summed E-state index contributed by atoms with van der Waals surface area (Å²) in [6.07, 6.45) is 2.13. The highest BCUT2D eigenvalue weighted by Crippen LogP contribution is 2.17. The van der Waals surface area contributed by atoms with Crippen molar-refractivity contribution in [1.82, 2.24) is 14.8 Å². The largest absolute Gasteiger partial charge is 0.472 e. The molecule has 2 aromatic rings. The summed E-state index contributed by atoms with van der Waals surface area (Å²) in [5.74, 6) is 0.406. The summed E-state index contributed by atoms with van der Waals surface area (Å²) in [5, 5.41) is 14.8. The van der Waals surface area contributed by atoms with Crippen molar-refractivity contribution in [2.45, 2.75) is 25.5 Å². The number of aromatic nitrogens is 2. The van der Waals surface area contributed by atoms with Gasteiger partial charge in [-0.25, -0.2) is 0 Å². The Bertz CT molecular complexity index is 714. The average Bonchev–Trinajstić information content (AvgIpc) is 2.58. The van der Waals surface area contributed by atoms with E-state index in [1.54, 1.807) is 6.07 Å². The molecule has 1 aliphatic rings. The fraction of sp³-hybridized carbons (Fsp3) is 0.375. The first-order valence-electron chi connectivity index (χ1n) is 7.70. The molecule has 1 unspecified atom stereocenters. The second-order valence-corrected chi connectivity index (χ2v) is 5.65. The van der Waals surface area contributed by atoms with Crippen LogP contribution in [0.25, 0.3) is 0 Å². The fourth-order valence-corrected chi connectivity index (χ4v) is 2.80. The lowest BCUT2D eigenvalue weighted by Crippen LogP contribution is -2.40. The van der Waals surface area contributed by atoms with Crippen LogP contribution in [0.2, 0.25) is 0 Å². The van der Waals surface area contributed by atoms with Crippen LogP contribution in [-0.4, -0.2) is 34.0 Å².